The molecule has 3 rings (SSSR count). The minimum absolute atomic E-state index is 0.0681. The minimum atomic E-state index is -4.31. The van der Waals surface area contributed by atoms with Gasteiger partial charge in [0.15, 0.2) is 11.6 Å². The van der Waals surface area contributed by atoms with E-state index in [9.17, 15) is 31.5 Å². The molecule has 0 saturated heterocycles. The number of halogens is 3. The molecule has 0 bridgehead atoms. The summed E-state index contributed by atoms with van der Waals surface area (Å²) in [4.78, 5) is 26.7. The van der Waals surface area contributed by atoms with Crippen LogP contribution in [0.15, 0.2) is 59.6 Å². The molecule has 0 radical (unpaired) electrons. The molecule has 166 valence electrons. The van der Waals surface area contributed by atoms with Gasteiger partial charge in [-0.2, -0.15) is 9.27 Å². The predicted molar refractivity (Wildman–Crippen MR) is 112 cm³/mol. The fraction of sp³-hybridized carbons (Fsp3) is 0.0500. The Morgan fingerprint density at radius 3 is 2.31 bits per heavy atom. The molecule has 1 unspecified atom stereocenters. The van der Waals surface area contributed by atoms with Crippen LogP contribution in [0.2, 0.25) is 0 Å². The number of amides is 2. The molecule has 0 saturated carbocycles. The molecule has 32 heavy (non-hydrogen) atoms. The van der Waals surface area contributed by atoms with E-state index in [2.05, 4.69) is 15.6 Å². The number of rotatable bonds is 6. The van der Waals surface area contributed by atoms with Gasteiger partial charge in [0.05, 0.1) is 11.9 Å². The van der Waals surface area contributed by atoms with Gasteiger partial charge in [0, 0.05) is 13.0 Å². The van der Waals surface area contributed by atoms with Crippen molar-refractivity contribution in [3.05, 3.63) is 77.7 Å². The monoisotopic (exact) mass is 465 g/mol. The molecule has 1 aromatic heterocycles. The van der Waals surface area contributed by atoms with Crippen LogP contribution in [-0.4, -0.2) is 21.4 Å². The smallest absolute Gasteiger partial charge is 0.320 e. The average molecular weight is 465 g/mol. The fourth-order valence-electron chi connectivity index (χ4n) is 2.63. The van der Waals surface area contributed by atoms with Gasteiger partial charge in [-0.1, -0.05) is 12.1 Å². The lowest BCUT2D eigenvalue weighted by molar-refractivity contribution is -0.114. The second-order valence-electron chi connectivity index (χ2n) is 6.41. The molecule has 12 heteroatoms. The summed E-state index contributed by atoms with van der Waals surface area (Å²) in [6, 6.07) is 8.80. The molecule has 3 aromatic rings. The Kier molecular flexibility index (Phi) is 6.55. The van der Waals surface area contributed by atoms with E-state index in [1.165, 1.54) is 31.2 Å². The molecule has 1 atom stereocenters. The highest BCUT2D eigenvalue weighted by Crippen LogP contribution is 2.28. The molecule has 0 aliphatic rings. The predicted octanol–water partition coefficient (Wildman–Crippen LogP) is 4.07. The molecule has 8 nitrogen and oxygen atoms in total. The highest BCUT2D eigenvalue weighted by molar-refractivity contribution is 7.99. The zero-order valence-electron chi connectivity index (χ0n) is 16.4. The van der Waals surface area contributed by atoms with Crippen LogP contribution in [0.25, 0.3) is 0 Å². The standard InChI is InChI=1S/C20H15F3N4O4S/c1-11(28)25-17-9-6-12(10-24-17)26-20(29)18-14(22)7-8-15(19(18)23)27-32(30,31)16-5-3-2-4-13(16)21/h2-10H,1H3,(H3-,24,25,26,27,28,29,30,31)/p+1. The van der Waals surface area contributed by atoms with Gasteiger partial charge >= 0.3 is 10.4 Å². The minimum Gasteiger partial charge on any atom is -0.320 e. The maximum atomic E-state index is 14.9. The first kappa shape index (κ1) is 22.9. The Morgan fingerprint density at radius 1 is 0.969 bits per heavy atom. The summed E-state index contributed by atoms with van der Waals surface area (Å²) in [5, 5.41) is 4.65. The number of carbonyl (C=O) groups is 2. The molecule has 2 aromatic carbocycles. The maximum absolute atomic E-state index is 14.9. The van der Waals surface area contributed by atoms with Crippen LogP contribution in [-0.2, 0) is 19.4 Å². The first-order chi connectivity index (χ1) is 15.1. The first-order valence-electron chi connectivity index (χ1n) is 8.90. The lowest BCUT2D eigenvalue weighted by Gasteiger charge is -2.12. The lowest BCUT2D eigenvalue weighted by atomic mass is 10.1. The van der Waals surface area contributed by atoms with Gasteiger partial charge in [-0.15, -0.1) is 0 Å². The van der Waals surface area contributed by atoms with Crippen LogP contribution in [0.3, 0.4) is 0 Å². The summed E-state index contributed by atoms with van der Waals surface area (Å²) < 4.78 is 67.6. The van der Waals surface area contributed by atoms with Crippen molar-refractivity contribution >= 4 is 39.4 Å². The third kappa shape index (κ3) is 5.10. The van der Waals surface area contributed by atoms with Gasteiger partial charge in [-0.25, -0.2) is 18.2 Å². The van der Waals surface area contributed by atoms with Crippen LogP contribution in [0, 0.1) is 17.5 Å². The van der Waals surface area contributed by atoms with E-state index in [1.54, 1.807) is 0 Å². The number of anilines is 3. The van der Waals surface area contributed by atoms with Gasteiger partial charge in [0.25, 0.3) is 10.8 Å². The van der Waals surface area contributed by atoms with E-state index < -0.39 is 49.9 Å². The van der Waals surface area contributed by atoms with E-state index in [0.717, 1.165) is 30.5 Å². The number of carbonyl (C=O) groups excluding carboxylic acids is 2. The van der Waals surface area contributed by atoms with Crippen LogP contribution in [0.5, 0.6) is 0 Å². The van der Waals surface area contributed by atoms with Gasteiger partial charge in [-0.3, -0.25) is 9.59 Å². The summed E-state index contributed by atoms with van der Waals surface area (Å²) in [7, 11) is -4.31. The Balaban J connectivity index is 1.86. The maximum Gasteiger partial charge on any atom is 0.349 e. The average Bonchev–Trinajstić information content (AvgIpc) is 2.71. The van der Waals surface area contributed by atoms with Crippen LogP contribution >= 0.6 is 0 Å². The van der Waals surface area contributed by atoms with Gasteiger partial charge in [0.1, 0.15) is 22.9 Å². The number of benzene rings is 2. The van der Waals surface area contributed by atoms with Crippen molar-refractivity contribution in [2.45, 2.75) is 11.8 Å². The first-order valence-corrected chi connectivity index (χ1v) is 10.4. The van der Waals surface area contributed by atoms with Gasteiger partial charge in [-0.05, 0) is 34.5 Å². The van der Waals surface area contributed by atoms with Crippen molar-refractivity contribution in [3.8, 4) is 0 Å². The van der Waals surface area contributed by atoms with Gasteiger partial charge < -0.3 is 10.6 Å². The van der Waals surface area contributed by atoms with Crippen molar-refractivity contribution in [2.75, 3.05) is 15.4 Å². The summed E-state index contributed by atoms with van der Waals surface area (Å²) in [6.45, 7) is 1.28. The number of nitrogens with zero attached hydrogens (tertiary/aromatic N) is 1. The molecular formula is C20H16F3N4O4S+. The second-order valence-corrected chi connectivity index (χ2v) is 8.11. The molecule has 2 amide bonds. The highest BCUT2D eigenvalue weighted by atomic mass is 32.3. The molecule has 0 fully saturated rings. The zero-order chi connectivity index (χ0) is 23.5. The summed E-state index contributed by atoms with van der Waals surface area (Å²) in [6.07, 6.45) is 1.15. The molecule has 4 N–H and O–H groups in total. The third-order valence-electron chi connectivity index (χ3n) is 4.03. The summed E-state index contributed by atoms with van der Waals surface area (Å²) in [5.74, 6) is -5.06. The van der Waals surface area contributed by atoms with Crippen molar-refractivity contribution in [1.82, 2.24) is 4.98 Å². The fourth-order valence-corrected chi connectivity index (χ4v) is 3.79. The second kappa shape index (κ2) is 9.16. The zero-order valence-corrected chi connectivity index (χ0v) is 17.2. The third-order valence-corrected chi connectivity index (χ3v) is 5.45. The van der Waals surface area contributed by atoms with E-state index in [0.29, 0.717) is 0 Å². The Morgan fingerprint density at radius 2 is 1.69 bits per heavy atom. The Hall–Kier alpha value is -3.77. The largest absolute Gasteiger partial charge is 0.349 e. The van der Waals surface area contributed by atoms with Crippen LogP contribution in [0.1, 0.15) is 17.3 Å². The normalized spacial score (nSPS) is 12.5. The number of nitrogens with one attached hydrogen (secondary N) is 3. The summed E-state index contributed by atoms with van der Waals surface area (Å²) in [5.41, 5.74) is -1.66. The summed E-state index contributed by atoms with van der Waals surface area (Å²) >= 11 is 0. The van der Waals surface area contributed by atoms with E-state index in [-0.39, 0.29) is 17.4 Å². The van der Waals surface area contributed by atoms with E-state index >= 15 is 0 Å². The Bertz CT molecular complexity index is 1240. The quantitative estimate of drug-likeness (QED) is 0.409. The van der Waals surface area contributed by atoms with Crippen LogP contribution in [0.4, 0.5) is 30.4 Å². The van der Waals surface area contributed by atoms with Gasteiger partial charge in [0.2, 0.25) is 5.91 Å². The van der Waals surface area contributed by atoms with E-state index in [4.69, 9.17) is 0 Å². The topological polar surface area (TPSA) is 120 Å². The molecule has 0 aliphatic heterocycles. The van der Waals surface area contributed by atoms with Crippen molar-refractivity contribution in [1.29, 1.82) is 0 Å². The number of hydrogen-bond donors (Lipinski definition) is 4. The van der Waals surface area contributed by atoms with Crippen molar-refractivity contribution < 1.29 is 31.5 Å². The SMILES string of the molecule is CC(=O)Nc1ccc(NC(=O)c2c(F)ccc(N[S+](=O)(O)c3ccccc3F)c2F)cn1. The molecule has 1 heterocycles. The molecule has 0 spiro atoms. The number of aromatic nitrogens is 1. The number of hydrogen-bond acceptors (Lipinski definition) is 4. The number of pyridine rings is 1. The molecule has 0 aliphatic carbocycles. The van der Waals surface area contributed by atoms with Crippen LogP contribution < -0.4 is 15.4 Å². The molecular weight excluding hydrogens is 449 g/mol. The van der Waals surface area contributed by atoms with Crippen molar-refractivity contribution in [3.63, 3.8) is 0 Å². The van der Waals surface area contributed by atoms with Crippen molar-refractivity contribution in [2.24, 2.45) is 0 Å². The van der Waals surface area contributed by atoms with E-state index in [1.807, 2.05) is 4.72 Å². The highest BCUT2D eigenvalue weighted by Gasteiger charge is 2.35. The Labute approximate surface area is 181 Å². The lowest BCUT2D eigenvalue weighted by Crippen LogP contribution is -2.24.